The third-order valence-electron chi connectivity index (χ3n) is 5.77. The highest BCUT2D eigenvalue weighted by Crippen LogP contribution is 2.26. The van der Waals surface area contributed by atoms with E-state index in [1.165, 1.54) is 0 Å². The summed E-state index contributed by atoms with van der Waals surface area (Å²) >= 11 is 0. The van der Waals surface area contributed by atoms with Crippen molar-refractivity contribution in [3.63, 3.8) is 0 Å². The first-order valence-corrected chi connectivity index (χ1v) is 11.5. The molecule has 0 unspecified atom stereocenters. The Morgan fingerprint density at radius 1 is 0.972 bits per heavy atom. The number of anilines is 2. The SMILES string of the molecule is COc1ccccc1CNC(=O)c1ccccc1Nc1ccc2c(/C=C/c3ccccn3)n[nH]c2c1. The normalized spacial score (nSPS) is 11.0. The highest BCUT2D eigenvalue weighted by atomic mass is 16.5. The van der Waals surface area contributed by atoms with Crippen molar-refractivity contribution < 1.29 is 9.53 Å². The summed E-state index contributed by atoms with van der Waals surface area (Å²) < 4.78 is 5.38. The first kappa shape index (κ1) is 22.9. The summed E-state index contributed by atoms with van der Waals surface area (Å²) in [6.45, 7) is 0.367. The van der Waals surface area contributed by atoms with Gasteiger partial charge in [0.2, 0.25) is 0 Å². The minimum Gasteiger partial charge on any atom is -0.496 e. The molecule has 3 aromatic carbocycles. The first-order valence-electron chi connectivity index (χ1n) is 11.5. The van der Waals surface area contributed by atoms with E-state index in [0.717, 1.165) is 39.3 Å². The summed E-state index contributed by atoms with van der Waals surface area (Å²) in [5.41, 5.74) is 5.61. The number of nitrogens with zero attached hydrogens (tertiary/aromatic N) is 2. The van der Waals surface area contributed by atoms with E-state index in [4.69, 9.17) is 4.74 Å². The van der Waals surface area contributed by atoms with Gasteiger partial charge in [0, 0.05) is 29.4 Å². The number of para-hydroxylation sites is 2. The number of ether oxygens (including phenoxy) is 1. The average molecular weight is 476 g/mol. The van der Waals surface area contributed by atoms with Crippen LogP contribution in [0.15, 0.2) is 91.1 Å². The largest absolute Gasteiger partial charge is 0.496 e. The van der Waals surface area contributed by atoms with Crippen molar-refractivity contribution in [1.29, 1.82) is 0 Å². The number of hydrogen-bond acceptors (Lipinski definition) is 5. The number of nitrogens with one attached hydrogen (secondary N) is 3. The number of carbonyl (C=O) groups is 1. The molecule has 0 bridgehead atoms. The van der Waals surface area contributed by atoms with Gasteiger partial charge in [-0.25, -0.2) is 0 Å². The summed E-state index contributed by atoms with van der Waals surface area (Å²) in [5.74, 6) is 0.569. The molecule has 36 heavy (non-hydrogen) atoms. The van der Waals surface area contributed by atoms with Gasteiger partial charge in [-0.1, -0.05) is 36.4 Å². The van der Waals surface area contributed by atoms with Gasteiger partial charge in [0.25, 0.3) is 5.91 Å². The lowest BCUT2D eigenvalue weighted by Crippen LogP contribution is -2.23. The van der Waals surface area contributed by atoms with Crippen molar-refractivity contribution in [2.75, 3.05) is 12.4 Å². The predicted octanol–water partition coefficient (Wildman–Crippen LogP) is 5.81. The Bertz CT molecular complexity index is 1530. The maximum Gasteiger partial charge on any atom is 0.253 e. The molecular weight excluding hydrogens is 450 g/mol. The fourth-order valence-corrected chi connectivity index (χ4v) is 3.95. The summed E-state index contributed by atoms with van der Waals surface area (Å²) in [6, 6.07) is 26.8. The third kappa shape index (κ3) is 5.10. The monoisotopic (exact) mass is 475 g/mol. The van der Waals surface area contributed by atoms with Crippen LogP contribution >= 0.6 is 0 Å². The molecule has 178 valence electrons. The maximum atomic E-state index is 13.0. The Morgan fingerprint density at radius 3 is 2.67 bits per heavy atom. The molecule has 0 aliphatic heterocycles. The van der Waals surface area contributed by atoms with Crippen molar-refractivity contribution in [2.24, 2.45) is 0 Å². The summed E-state index contributed by atoms with van der Waals surface area (Å²) in [7, 11) is 1.62. The molecule has 0 saturated carbocycles. The number of hydrogen-bond donors (Lipinski definition) is 3. The highest BCUT2D eigenvalue weighted by Gasteiger charge is 2.13. The van der Waals surface area contributed by atoms with Gasteiger partial charge in [-0.05, 0) is 60.7 Å². The van der Waals surface area contributed by atoms with E-state index in [-0.39, 0.29) is 5.91 Å². The fraction of sp³-hybridized carbons (Fsp3) is 0.0690. The number of carbonyl (C=O) groups excluding carboxylic acids is 1. The number of benzene rings is 3. The Hall–Kier alpha value is -4.91. The van der Waals surface area contributed by atoms with Crippen molar-refractivity contribution in [1.82, 2.24) is 20.5 Å². The number of pyridine rings is 1. The van der Waals surface area contributed by atoms with Gasteiger partial charge < -0.3 is 15.4 Å². The third-order valence-corrected chi connectivity index (χ3v) is 5.77. The van der Waals surface area contributed by atoms with Crippen LogP contribution in [0.1, 0.15) is 27.3 Å². The second-order valence-electron chi connectivity index (χ2n) is 8.12. The fourth-order valence-electron chi connectivity index (χ4n) is 3.95. The van der Waals surface area contributed by atoms with Gasteiger partial charge in [0.15, 0.2) is 0 Å². The first-order chi connectivity index (χ1) is 17.7. The molecule has 0 fully saturated rings. The Morgan fingerprint density at radius 2 is 1.81 bits per heavy atom. The molecule has 0 radical (unpaired) electrons. The summed E-state index contributed by atoms with van der Waals surface area (Å²) in [6.07, 6.45) is 5.63. The van der Waals surface area contributed by atoms with E-state index in [0.29, 0.717) is 17.8 Å². The van der Waals surface area contributed by atoms with Gasteiger partial charge in [-0.15, -0.1) is 0 Å². The molecule has 0 aliphatic carbocycles. The van der Waals surface area contributed by atoms with Crippen LogP contribution in [0.4, 0.5) is 11.4 Å². The molecule has 0 saturated heterocycles. The smallest absolute Gasteiger partial charge is 0.253 e. The van der Waals surface area contributed by atoms with Crippen LogP contribution < -0.4 is 15.4 Å². The van der Waals surface area contributed by atoms with E-state index in [1.54, 1.807) is 19.4 Å². The minimum absolute atomic E-state index is 0.173. The summed E-state index contributed by atoms with van der Waals surface area (Å²) in [4.78, 5) is 17.3. The number of amides is 1. The van der Waals surface area contributed by atoms with Gasteiger partial charge >= 0.3 is 0 Å². The molecule has 0 spiro atoms. The molecule has 0 atom stereocenters. The van der Waals surface area contributed by atoms with Crippen LogP contribution in [0.3, 0.4) is 0 Å². The van der Waals surface area contributed by atoms with Crippen LogP contribution in [0.2, 0.25) is 0 Å². The number of aromatic amines is 1. The van der Waals surface area contributed by atoms with Crippen LogP contribution in [-0.2, 0) is 6.54 Å². The van der Waals surface area contributed by atoms with Gasteiger partial charge in [-0.3, -0.25) is 14.9 Å². The molecule has 5 rings (SSSR count). The molecule has 5 aromatic rings. The van der Waals surface area contributed by atoms with E-state index < -0.39 is 0 Å². The average Bonchev–Trinajstić information content (AvgIpc) is 3.33. The molecular formula is C29H25N5O2. The lowest BCUT2D eigenvalue weighted by molar-refractivity contribution is 0.0951. The van der Waals surface area contributed by atoms with Crippen molar-refractivity contribution in [3.05, 3.63) is 114 Å². The van der Waals surface area contributed by atoms with E-state index >= 15 is 0 Å². The molecule has 3 N–H and O–H groups in total. The molecule has 7 heteroatoms. The quantitative estimate of drug-likeness (QED) is 0.263. The second kappa shape index (κ2) is 10.6. The van der Waals surface area contributed by atoms with Crippen LogP contribution in [-0.4, -0.2) is 28.2 Å². The topological polar surface area (TPSA) is 91.9 Å². The van der Waals surface area contributed by atoms with Crippen LogP contribution in [0, 0.1) is 0 Å². The van der Waals surface area contributed by atoms with E-state index in [2.05, 4.69) is 25.8 Å². The van der Waals surface area contributed by atoms with Crippen LogP contribution in [0.25, 0.3) is 23.1 Å². The van der Waals surface area contributed by atoms with E-state index in [1.807, 2.05) is 91.0 Å². The number of methoxy groups -OCH3 is 1. The van der Waals surface area contributed by atoms with Gasteiger partial charge in [-0.2, -0.15) is 5.10 Å². The standard InChI is InChI=1S/C29H25N5O2/c1-36-28-12-5-2-8-20(28)19-31-29(35)24-10-3-4-11-25(24)32-22-13-15-23-26(33-34-27(23)18-22)16-14-21-9-6-7-17-30-21/h2-18,32H,19H2,1H3,(H,31,35)(H,33,34)/b16-14+. The second-order valence-corrected chi connectivity index (χ2v) is 8.12. The van der Waals surface area contributed by atoms with Crippen LogP contribution in [0.5, 0.6) is 5.75 Å². The lowest BCUT2D eigenvalue weighted by Gasteiger charge is -2.13. The highest BCUT2D eigenvalue weighted by molar-refractivity contribution is 6.00. The molecule has 1 amide bonds. The van der Waals surface area contributed by atoms with Gasteiger partial charge in [0.05, 0.1) is 35.3 Å². The zero-order chi connectivity index (χ0) is 24.7. The Balaban J connectivity index is 1.32. The van der Waals surface area contributed by atoms with Crippen molar-refractivity contribution in [3.8, 4) is 5.75 Å². The Kier molecular flexibility index (Phi) is 6.71. The predicted molar refractivity (Wildman–Crippen MR) is 143 cm³/mol. The minimum atomic E-state index is -0.173. The number of H-pyrrole nitrogens is 1. The number of fused-ring (bicyclic) bond motifs is 1. The molecule has 0 aliphatic rings. The summed E-state index contributed by atoms with van der Waals surface area (Å²) in [5, 5.41) is 14.9. The van der Waals surface area contributed by atoms with Gasteiger partial charge in [0.1, 0.15) is 5.75 Å². The molecule has 2 heterocycles. The molecule has 2 aromatic heterocycles. The number of rotatable bonds is 8. The lowest BCUT2D eigenvalue weighted by atomic mass is 10.1. The maximum absolute atomic E-state index is 13.0. The molecule has 7 nitrogen and oxygen atoms in total. The van der Waals surface area contributed by atoms with E-state index in [9.17, 15) is 4.79 Å². The zero-order valence-corrected chi connectivity index (χ0v) is 19.7. The van der Waals surface area contributed by atoms with Crippen molar-refractivity contribution >= 4 is 40.3 Å². The van der Waals surface area contributed by atoms with Crippen molar-refractivity contribution in [2.45, 2.75) is 6.54 Å². The zero-order valence-electron chi connectivity index (χ0n) is 19.7. The number of aromatic nitrogens is 3. The Labute approximate surface area is 208 Å².